The maximum Gasteiger partial charge on any atom is 0.330 e. The Bertz CT molecular complexity index is 190. The third kappa shape index (κ3) is 13.7. The molecule has 0 fully saturated rings. The van der Waals surface area contributed by atoms with E-state index in [1.54, 1.807) is 26.8 Å². The van der Waals surface area contributed by atoms with Gasteiger partial charge in [0.15, 0.2) is 0 Å². The molecular weight excluding hydrogens is 188 g/mol. The van der Waals surface area contributed by atoms with Crippen LogP contribution in [0.5, 0.6) is 0 Å². The lowest BCUT2D eigenvalue weighted by atomic mass is 10.3. The fraction of sp³-hybridized carbons (Fsp3) is 0.667. The van der Waals surface area contributed by atoms with Crippen LogP contribution in [-0.4, -0.2) is 32.4 Å². The molecule has 0 atom stereocenters. The third-order valence-electron chi connectivity index (χ3n) is 1.36. The number of hydrogen-bond donors (Lipinski definition) is 4. The molecule has 5 nitrogen and oxygen atoms in total. The van der Waals surface area contributed by atoms with Gasteiger partial charge in [0, 0.05) is 12.0 Å². The Hall–Kier alpha value is -0.910. The fourth-order valence-electron chi connectivity index (χ4n) is 0.459. The maximum atomic E-state index is 9.86. The van der Waals surface area contributed by atoms with Crippen molar-refractivity contribution in [2.45, 2.75) is 39.6 Å². The Labute approximate surface area is 83.3 Å². The zero-order chi connectivity index (χ0) is 11.8. The van der Waals surface area contributed by atoms with E-state index in [9.17, 15) is 4.79 Å². The summed E-state index contributed by atoms with van der Waals surface area (Å²) < 4.78 is 0. The summed E-state index contributed by atoms with van der Waals surface area (Å²) in [5.74, 6) is -3.29. The van der Waals surface area contributed by atoms with Crippen molar-refractivity contribution in [2.75, 3.05) is 0 Å². The van der Waals surface area contributed by atoms with Crippen LogP contribution in [0, 0.1) is 0 Å². The molecular formula is C9H18O5. The van der Waals surface area contributed by atoms with Gasteiger partial charge in [-0.2, -0.15) is 0 Å². The first kappa shape index (κ1) is 15.6. The second kappa shape index (κ2) is 7.49. The smallest absolute Gasteiger partial charge is 0.330 e. The largest absolute Gasteiger partial charge is 0.478 e. The highest BCUT2D eigenvalue weighted by molar-refractivity contribution is 5.85. The van der Waals surface area contributed by atoms with Crippen LogP contribution in [0.3, 0.4) is 0 Å². The van der Waals surface area contributed by atoms with Gasteiger partial charge in [-0.15, -0.1) is 0 Å². The molecule has 0 aromatic carbocycles. The standard InChI is InChI=1S/C5H8O2.C4H10O3/c1-3-4(2)5(6)7;1-2-3-4(5,6)7/h3H,1-2H3,(H,6,7);5-7H,2-3H2,1H3. The van der Waals surface area contributed by atoms with Gasteiger partial charge in [-0.25, -0.2) is 4.79 Å². The molecule has 0 bridgehead atoms. The molecule has 0 aliphatic heterocycles. The topological polar surface area (TPSA) is 98.0 Å². The van der Waals surface area contributed by atoms with E-state index in [1.165, 1.54) is 0 Å². The summed E-state index contributed by atoms with van der Waals surface area (Å²) in [5.41, 5.74) is 0.389. The molecule has 4 N–H and O–H groups in total. The zero-order valence-corrected chi connectivity index (χ0v) is 8.69. The van der Waals surface area contributed by atoms with E-state index in [4.69, 9.17) is 20.4 Å². The molecule has 0 spiro atoms. The van der Waals surface area contributed by atoms with Gasteiger partial charge < -0.3 is 20.4 Å². The number of carboxylic acid groups (broad SMARTS) is 1. The van der Waals surface area contributed by atoms with Gasteiger partial charge in [0.05, 0.1) is 0 Å². The van der Waals surface area contributed by atoms with Crippen molar-refractivity contribution in [3.63, 3.8) is 0 Å². The number of aliphatic hydroxyl groups is 3. The second-order valence-corrected chi connectivity index (χ2v) is 2.80. The average molecular weight is 206 g/mol. The average Bonchev–Trinajstić information content (AvgIpc) is 2.01. The number of allylic oxidation sites excluding steroid dienone is 1. The molecule has 0 rings (SSSR count). The van der Waals surface area contributed by atoms with E-state index in [-0.39, 0.29) is 6.42 Å². The van der Waals surface area contributed by atoms with Crippen LogP contribution in [0.4, 0.5) is 0 Å². The number of carboxylic acids is 1. The van der Waals surface area contributed by atoms with Crippen molar-refractivity contribution >= 4 is 5.97 Å². The van der Waals surface area contributed by atoms with E-state index in [1.807, 2.05) is 0 Å². The first-order valence-corrected chi connectivity index (χ1v) is 4.28. The lowest BCUT2D eigenvalue weighted by molar-refractivity contribution is -0.314. The first-order valence-electron chi connectivity index (χ1n) is 4.28. The number of hydrogen-bond acceptors (Lipinski definition) is 4. The highest BCUT2D eigenvalue weighted by Crippen LogP contribution is 2.01. The molecule has 0 aromatic rings. The van der Waals surface area contributed by atoms with Crippen LogP contribution in [-0.2, 0) is 4.79 Å². The molecule has 14 heavy (non-hydrogen) atoms. The van der Waals surface area contributed by atoms with Crippen LogP contribution >= 0.6 is 0 Å². The summed E-state index contributed by atoms with van der Waals surface area (Å²) in [6.45, 7) is 5.00. The molecule has 0 unspecified atom stereocenters. The van der Waals surface area contributed by atoms with Gasteiger partial charge in [-0.1, -0.05) is 13.0 Å². The minimum atomic E-state index is -2.45. The Morgan fingerprint density at radius 1 is 1.36 bits per heavy atom. The number of rotatable bonds is 3. The van der Waals surface area contributed by atoms with Crippen molar-refractivity contribution in [3.8, 4) is 0 Å². The summed E-state index contributed by atoms with van der Waals surface area (Å²) >= 11 is 0. The zero-order valence-electron chi connectivity index (χ0n) is 8.69. The minimum Gasteiger partial charge on any atom is -0.478 e. The van der Waals surface area contributed by atoms with Gasteiger partial charge in [0.1, 0.15) is 0 Å². The summed E-state index contributed by atoms with van der Waals surface area (Å²) in [7, 11) is 0. The molecule has 0 amide bonds. The van der Waals surface area contributed by atoms with Crippen molar-refractivity contribution in [3.05, 3.63) is 11.6 Å². The van der Waals surface area contributed by atoms with Crippen molar-refractivity contribution in [2.24, 2.45) is 0 Å². The minimum absolute atomic E-state index is 0.00694. The molecule has 0 saturated heterocycles. The second-order valence-electron chi connectivity index (χ2n) is 2.80. The third-order valence-corrected chi connectivity index (χ3v) is 1.36. The Balaban J connectivity index is 0. The van der Waals surface area contributed by atoms with E-state index in [0.717, 1.165) is 0 Å². The summed E-state index contributed by atoms with van der Waals surface area (Å²) in [6.07, 6.45) is 2.12. The molecule has 0 saturated carbocycles. The molecule has 0 aliphatic rings. The molecule has 0 aromatic heterocycles. The molecule has 0 radical (unpaired) electrons. The van der Waals surface area contributed by atoms with Crippen molar-refractivity contribution in [1.29, 1.82) is 0 Å². The molecule has 0 heterocycles. The van der Waals surface area contributed by atoms with Crippen LogP contribution in [0.15, 0.2) is 11.6 Å². The van der Waals surface area contributed by atoms with E-state index >= 15 is 0 Å². The van der Waals surface area contributed by atoms with E-state index in [0.29, 0.717) is 12.0 Å². The Morgan fingerprint density at radius 2 is 1.79 bits per heavy atom. The van der Waals surface area contributed by atoms with E-state index < -0.39 is 11.9 Å². The van der Waals surface area contributed by atoms with Gasteiger partial charge in [0.2, 0.25) is 0 Å². The Kier molecular flexibility index (Phi) is 8.32. The predicted molar refractivity (Wildman–Crippen MR) is 51.4 cm³/mol. The number of carbonyl (C=O) groups is 1. The normalized spacial score (nSPS) is 11.7. The van der Waals surface area contributed by atoms with Crippen LogP contribution in [0.2, 0.25) is 0 Å². The number of aliphatic carboxylic acids is 1. The lowest BCUT2D eigenvalue weighted by Crippen LogP contribution is -2.26. The summed E-state index contributed by atoms with van der Waals surface area (Å²) in [4.78, 5) is 9.86. The highest BCUT2D eigenvalue weighted by atomic mass is 16.7. The monoisotopic (exact) mass is 206 g/mol. The van der Waals surface area contributed by atoms with Gasteiger partial charge >= 0.3 is 5.97 Å². The summed E-state index contributed by atoms with van der Waals surface area (Å²) in [6, 6.07) is 0. The van der Waals surface area contributed by atoms with Gasteiger partial charge in [-0.05, 0) is 20.3 Å². The fourth-order valence-corrected chi connectivity index (χ4v) is 0.459. The quantitative estimate of drug-likeness (QED) is 0.397. The maximum absolute atomic E-state index is 9.86. The van der Waals surface area contributed by atoms with Gasteiger partial charge in [0.25, 0.3) is 5.97 Å². The van der Waals surface area contributed by atoms with Crippen molar-refractivity contribution in [1.82, 2.24) is 0 Å². The van der Waals surface area contributed by atoms with Gasteiger partial charge in [-0.3, -0.25) is 0 Å². The van der Waals surface area contributed by atoms with Crippen LogP contribution in [0.25, 0.3) is 0 Å². The predicted octanol–water partition coefficient (Wildman–Crippen LogP) is 0.454. The molecule has 5 heteroatoms. The SMILES string of the molecule is CC=C(C)C(=O)O.CCCC(O)(O)O. The van der Waals surface area contributed by atoms with E-state index in [2.05, 4.69) is 0 Å². The molecule has 84 valence electrons. The molecule has 0 aliphatic carbocycles. The highest BCUT2D eigenvalue weighted by Gasteiger charge is 2.14. The summed E-state index contributed by atoms with van der Waals surface area (Å²) in [5, 5.41) is 32.5. The Morgan fingerprint density at radius 3 is 1.79 bits per heavy atom. The van der Waals surface area contributed by atoms with Crippen LogP contribution < -0.4 is 0 Å². The lowest BCUT2D eigenvalue weighted by Gasteiger charge is -2.10. The van der Waals surface area contributed by atoms with Crippen molar-refractivity contribution < 1.29 is 25.2 Å². The first-order chi connectivity index (χ1) is 6.24. The van der Waals surface area contributed by atoms with Crippen LogP contribution in [0.1, 0.15) is 33.6 Å².